The molecule has 0 saturated carbocycles. The van der Waals surface area contributed by atoms with Gasteiger partial charge in [-0.2, -0.15) is 0 Å². The van der Waals surface area contributed by atoms with Crippen LogP contribution in [-0.2, 0) is 4.79 Å². The first-order chi connectivity index (χ1) is 9.28. The molecule has 0 saturated heterocycles. The molecule has 3 N–H and O–H groups in total. The number of aryl methyl sites for hydroxylation is 1. The van der Waals surface area contributed by atoms with Crippen LogP contribution < -0.4 is 10.6 Å². The number of hydrogen-bond donors (Lipinski definition) is 3. The summed E-state index contributed by atoms with van der Waals surface area (Å²) in [4.78, 5) is 22.8. The van der Waals surface area contributed by atoms with Crippen molar-refractivity contribution in [2.75, 3.05) is 11.9 Å². The molecule has 1 rings (SSSR count). The zero-order chi connectivity index (χ0) is 15.3. The van der Waals surface area contributed by atoms with Crippen LogP contribution in [0, 0.1) is 18.2 Å². The van der Waals surface area contributed by atoms with E-state index in [1.807, 2.05) is 0 Å². The van der Waals surface area contributed by atoms with E-state index < -0.39 is 23.2 Å². The predicted octanol–water partition coefficient (Wildman–Crippen LogP) is 2.76. The second-order valence-corrected chi connectivity index (χ2v) is 5.01. The standard InChI is InChI=1S/C14H19FN2O3/c1-4-14(3,12(18)19)8-16-13(20)17-11-7-9(2)5-6-10(11)15/h5-7H,4,8H2,1-3H3,(H,18,19)(H2,16,17,20). The maximum Gasteiger partial charge on any atom is 0.319 e. The molecule has 0 fully saturated rings. The van der Waals surface area contributed by atoms with E-state index in [0.717, 1.165) is 5.56 Å². The summed E-state index contributed by atoms with van der Waals surface area (Å²) in [5.74, 6) is -1.52. The SMILES string of the molecule is CCC(C)(CNC(=O)Nc1cc(C)ccc1F)C(=O)O. The smallest absolute Gasteiger partial charge is 0.319 e. The van der Waals surface area contributed by atoms with Gasteiger partial charge >= 0.3 is 12.0 Å². The molecule has 20 heavy (non-hydrogen) atoms. The molecule has 1 aromatic carbocycles. The molecule has 0 aromatic heterocycles. The molecule has 0 heterocycles. The average Bonchev–Trinajstić information content (AvgIpc) is 2.40. The van der Waals surface area contributed by atoms with Crippen molar-refractivity contribution in [2.24, 2.45) is 5.41 Å². The molecule has 0 radical (unpaired) electrons. The first-order valence-electron chi connectivity index (χ1n) is 6.33. The Morgan fingerprint density at radius 1 is 1.40 bits per heavy atom. The molecule has 2 amide bonds. The second kappa shape index (κ2) is 6.36. The van der Waals surface area contributed by atoms with Crippen molar-refractivity contribution in [1.29, 1.82) is 0 Å². The Hall–Kier alpha value is -2.11. The minimum atomic E-state index is -1.04. The molecule has 1 unspecified atom stereocenters. The number of amides is 2. The molecule has 1 aromatic rings. The number of hydrogen-bond acceptors (Lipinski definition) is 2. The van der Waals surface area contributed by atoms with Gasteiger partial charge in [-0.1, -0.05) is 13.0 Å². The van der Waals surface area contributed by atoms with E-state index in [9.17, 15) is 14.0 Å². The molecule has 5 nitrogen and oxygen atoms in total. The van der Waals surface area contributed by atoms with Crippen molar-refractivity contribution < 1.29 is 19.1 Å². The highest BCUT2D eigenvalue weighted by molar-refractivity contribution is 5.90. The Bertz CT molecular complexity index is 519. The van der Waals surface area contributed by atoms with Crippen molar-refractivity contribution in [3.63, 3.8) is 0 Å². The Labute approximate surface area is 117 Å². The van der Waals surface area contributed by atoms with Gasteiger partial charge in [-0.05, 0) is 38.0 Å². The molecule has 0 bridgehead atoms. The fourth-order valence-corrected chi connectivity index (χ4v) is 1.53. The van der Waals surface area contributed by atoms with Gasteiger partial charge in [-0.25, -0.2) is 9.18 Å². The minimum Gasteiger partial charge on any atom is -0.481 e. The summed E-state index contributed by atoms with van der Waals surface area (Å²) < 4.78 is 13.5. The molecule has 0 aliphatic rings. The minimum absolute atomic E-state index is 0.0297. The Balaban J connectivity index is 2.65. The summed E-state index contributed by atoms with van der Waals surface area (Å²) in [6.45, 7) is 5.02. The van der Waals surface area contributed by atoms with Crippen molar-refractivity contribution in [3.8, 4) is 0 Å². The lowest BCUT2D eigenvalue weighted by Gasteiger charge is -2.23. The van der Waals surface area contributed by atoms with E-state index in [1.54, 1.807) is 26.8 Å². The highest BCUT2D eigenvalue weighted by Gasteiger charge is 2.31. The number of benzene rings is 1. The maximum atomic E-state index is 13.5. The molecule has 110 valence electrons. The number of carbonyl (C=O) groups excluding carboxylic acids is 1. The van der Waals surface area contributed by atoms with Gasteiger partial charge in [0.15, 0.2) is 0 Å². The molecular weight excluding hydrogens is 263 g/mol. The summed E-state index contributed by atoms with van der Waals surface area (Å²) in [7, 11) is 0. The van der Waals surface area contributed by atoms with Crippen LogP contribution >= 0.6 is 0 Å². The Morgan fingerprint density at radius 3 is 2.60 bits per heavy atom. The molecule has 6 heteroatoms. The maximum absolute atomic E-state index is 13.5. The van der Waals surface area contributed by atoms with Crippen molar-refractivity contribution in [2.45, 2.75) is 27.2 Å². The first kappa shape index (κ1) is 15.9. The van der Waals surface area contributed by atoms with Crippen LogP contribution in [0.5, 0.6) is 0 Å². The molecule has 0 aliphatic carbocycles. The fourth-order valence-electron chi connectivity index (χ4n) is 1.53. The van der Waals surface area contributed by atoms with Crippen LogP contribution in [-0.4, -0.2) is 23.7 Å². The van der Waals surface area contributed by atoms with Crippen LogP contribution in [0.15, 0.2) is 18.2 Å². The van der Waals surface area contributed by atoms with Crippen molar-refractivity contribution in [1.82, 2.24) is 5.32 Å². The largest absolute Gasteiger partial charge is 0.481 e. The zero-order valence-electron chi connectivity index (χ0n) is 11.8. The number of nitrogens with one attached hydrogen (secondary N) is 2. The van der Waals surface area contributed by atoms with Crippen LogP contribution in [0.3, 0.4) is 0 Å². The van der Waals surface area contributed by atoms with E-state index in [0.29, 0.717) is 6.42 Å². The topological polar surface area (TPSA) is 78.4 Å². The number of urea groups is 1. The van der Waals surface area contributed by atoms with Crippen LogP contribution in [0.1, 0.15) is 25.8 Å². The van der Waals surface area contributed by atoms with Crippen molar-refractivity contribution >= 4 is 17.7 Å². The van der Waals surface area contributed by atoms with E-state index in [2.05, 4.69) is 10.6 Å². The van der Waals surface area contributed by atoms with Gasteiger partial charge in [-0.15, -0.1) is 0 Å². The normalized spacial score (nSPS) is 13.4. The monoisotopic (exact) mass is 282 g/mol. The van der Waals surface area contributed by atoms with Crippen LogP contribution in [0.4, 0.5) is 14.9 Å². The summed E-state index contributed by atoms with van der Waals surface area (Å²) in [5, 5.41) is 13.9. The third-order valence-electron chi connectivity index (χ3n) is 3.31. The van der Waals surface area contributed by atoms with Gasteiger partial charge in [0.25, 0.3) is 0 Å². The summed E-state index contributed by atoms with van der Waals surface area (Å²) in [6.07, 6.45) is 0.376. The van der Waals surface area contributed by atoms with Gasteiger partial charge in [0.1, 0.15) is 5.82 Å². The highest BCUT2D eigenvalue weighted by atomic mass is 19.1. The van der Waals surface area contributed by atoms with E-state index >= 15 is 0 Å². The lowest BCUT2D eigenvalue weighted by molar-refractivity contribution is -0.147. The first-order valence-corrected chi connectivity index (χ1v) is 6.33. The van der Waals surface area contributed by atoms with Gasteiger partial charge in [-0.3, -0.25) is 4.79 Å². The summed E-state index contributed by atoms with van der Waals surface area (Å²) in [5.41, 5.74) is -0.163. The number of aliphatic carboxylic acids is 1. The zero-order valence-corrected chi connectivity index (χ0v) is 11.8. The number of carbonyl (C=O) groups is 2. The van der Waals surface area contributed by atoms with E-state index in [-0.39, 0.29) is 12.2 Å². The summed E-state index contributed by atoms with van der Waals surface area (Å²) in [6, 6.07) is 3.73. The third-order valence-corrected chi connectivity index (χ3v) is 3.31. The number of carboxylic acid groups (broad SMARTS) is 1. The van der Waals surface area contributed by atoms with E-state index in [1.165, 1.54) is 12.1 Å². The molecule has 0 aliphatic heterocycles. The lowest BCUT2D eigenvalue weighted by atomic mass is 9.88. The van der Waals surface area contributed by atoms with Gasteiger partial charge in [0.05, 0.1) is 11.1 Å². The average molecular weight is 282 g/mol. The molecule has 1 atom stereocenters. The summed E-state index contributed by atoms with van der Waals surface area (Å²) >= 11 is 0. The fraction of sp³-hybridized carbons (Fsp3) is 0.429. The predicted molar refractivity (Wildman–Crippen MR) is 74.2 cm³/mol. The van der Waals surface area contributed by atoms with Crippen LogP contribution in [0.2, 0.25) is 0 Å². The lowest BCUT2D eigenvalue weighted by Crippen LogP contribution is -2.42. The van der Waals surface area contributed by atoms with E-state index in [4.69, 9.17) is 5.11 Å². The number of rotatable bonds is 5. The number of carboxylic acids is 1. The molecule has 0 spiro atoms. The Kier molecular flexibility index (Phi) is 5.07. The Morgan fingerprint density at radius 2 is 2.05 bits per heavy atom. The van der Waals surface area contributed by atoms with Crippen LogP contribution in [0.25, 0.3) is 0 Å². The quantitative estimate of drug-likeness (QED) is 0.777. The van der Waals surface area contributed by atoms with Gasteiger partial charge in [0, 0.05) is 6.54 Å². The number of anilines is 1. The molecular formula is C14H19FN2O3. The third kappa shape index (κ3) is 3.94. The van der Waals surface area contributed by atoms with Crippen molar-refractivity contribution in [3.05, 3.63) is 29.6 Å². The highest BCUT2D eigenvalue weighted by Crippen LogP contribution is 2.20. The van der Waals surface area contributed by atoms with Gasteiger partial charge in [0.2, 0.25) is 0 Å². The van der Waals surface area contributed by atoms with Gasteiger partial charge < -0.3 is 15.7 Å². The number of halogens is 1. The second-order valence-electron chi connectivity index (χ2n) is 5.01.